The van der Waals surface area contributed by atoms with E-state index in [9.17, 15) is 19.5 Å². The van der Waals surface area contributed by atoms with Gasteiger partial charge in [0.1, 0.15) is 6.04 Å². The van der Waals surface area contributed by atoms with Gasteiger partial charge in [-0.15, -0.1) is 0 Å². The summed E-state index contributed by atoms with van der Waals surface area (Å²) in [6.45, 7) is 1.52. The minimum Gasteiger partial charge on any atom is -0.391 e. The fourth-order valence-electron chi connectivity index (χ4n) is 2.29. The molecule has 21 heavy (non-hydrogen) atoms. The zero-order valence-electron chi connectivity index (χ0n) is 11.6. The maximum Gasteiger partial charge on any atom is 0.322 e. The summed E-state index contributed by atoms with van der Waals surface area (Å²) < 4.78 is 0. The molecule has 7 heteroatoms. The van der Waals surface area contributed by atoms with E-state index in [1.807, 2.05) is 0 Å². The summed E-state index contributed by atoms with van der Waals surface area (Å²) in [5.74, 6) is -0.710. The predicted octanol–water partition coefficient (Wildman–Crippen LogP) is 0.342. The number of carbonyl (C=O) groups is 3. The highest BCUT2D eigenvalue weighted by atomic mass is 16.3. The zero-order valence-corrected chi connectivity index (χ0v) is 11.6. The lowest BCUT2D eigenvalue weighted by Crippen LogP contribution is -2.45. The van der Waals surface area contributed by atoms with Gasteiger partial charge in [0.2, 0.25) is 5.91 Å². The van der Waals surface area contributed by atoms with Crippen molar-refractivity contribution in [3.63, 3.8) is 0 Å². The number of ketones is 1. The van der Waals surface area contributed by atoms with Crippen LogP contribution < -0.4 is 11.1 Å². The third-order valence-corrected chi connectivity index (χ3v) is 3.41. The van der Waals surface area contributed by atoms with Crippen molar-refractivity contribution in [3.8, 4) is 0 Å². The molecule has 0 saturated carbocycles. The zero-order chi connectivity index (χ0) is 15.6. The van der Waals surface area contributed by atoms with Gasteiger partial charge in [-0.25, -0.2) is 4.79 Å². The van der Waals surface area contributed by atoms with Crippen LogP contribution in [0, 0.1) is 0 Å². The first-order chi connectivity index (χ1) is 9.88. The molecule has 112 valence electrons. The Morgan fingerprint density at radius 2 is 1.90 bits per heavy atom. The standard InChI is InChI=1S/C14H17N3O4/c1-8(18)9-2-4-10(5-3-9)16-14(21)17-7-11(19)6-12(17)13(15)20/h2-5,11-12,19H,6-7H2,1H3,(H2,15,20)(H,16,21). The lowest BCUT2D eigenvalue weighted by atomic mass is 10.1. The van der Waals surface area contributed by atoms with Gasteiger partial charge in [-0.1, -0.05) is 0 Å². The predicted molar refractivity (Wildman–Crippen MR) is 75.8 cm³/mol. The Bertz CT molecular complexity index is 570. The number of urea groups is 1. The molecule has 1 aromatic carbocycles. The number of anilines is 1. The number of nitrogens with one attached hydrogen (secondary N) is 1. The van der Waals surface area contributed by atoms with Gasteiger partial charge in [0.15, 0.2) is 5.78 Å². The number of hydrogen-bond donors (Lipinski definition) is 3. The summed E-state index contributed by atoms with van der Waals surface area (Å²) in [6, 6.07) is 5.08. The number of Topliss-reactive ketones (excluding diaryl/α,β-unsaturated/α-hetero) is 1. The topological polar surface area (TPSA) is 113 Å². The van der Waals surface area contributed by atoms with Crippen LogP contribution in [0.2, 0.25) is 0 Å². The molecule has 0 aromatic heterocycles. The van der Waals surface area contributed by atoms with Gasteiger partial charge in [-0.05, 0) is 31.2 Å². The summed E-state index contributed by atoms with van der Waals surface area (Å²) in [4.78, 5) is 35.8. The fraction of sp³-hybridized carbons (Fsp3) is 0.357. The van der Waals surface area contributed by atoms with E-state index in [0.29, 0.717) is 11.3 Å². The highest BCUT2D eigenvalue weighted by Gasteiger charge is 2.37. The molecule has 1 saturated heterocycles. The van der Waals surface area contributed by atoms with Crippen LogP contribution in [0.4, 0.5) is 10.5 Å². The monoisotopic (exact) mass is 291 g/mol. The van der Waals surface area contributed by atoms with Crippen molar-refractivity contribution in [1.29, 1.82) is 0 Å². The third-order valence-electron chi connectivity index (χ3n) is 3.41. The number of nitrogens with zero attached hydrogens (tertiary/aromatic N) is 1. The molecular formula is C14H17N3O4. The molecule has 1 heterocycles. The molecule has 1 aliphatic heterocycles. The molecule has 0 aliphatic carbocycles. The lowest BCUT2D eigenvalue weighted by molar-refractivity contribution is -0.121. The van der Waals surface area contributed by atoms with Gasteiger partial charge in [0.05, 0.1) is 6.10 Å². The van der Waals surface area contributed by atoms with Crippen LogP contribution in [0.1, 0.15) is 23.7 Å². The number of carbonyl (C=O) groups excluding carboxylic acids is 3. The Kier molecular flexibility index (Phi) is 4.23. The first kappa shape index (κ1) is 15.0. The molecule has 7 nitrogen and oxygen atoms in total. The van der Waals surface area contributed by atoms with E-state index in [4.69, 9.17) is 5.73 Å². The Balaban J connectivity index is 2.06. The van der Waals surface area contributed by atoms with E-state index in [2.05, 4.69) is 5.32 Å². The molecule has 0 bridgehead atoms. The molecule has 0 radical (unpaired) electrons. The van der Waals surface area contributed by atoms with Crippen LogP contribution in [0.3, 0.4) is 0 Å². The van der Waals surface area contributed by atoms with Crippen molar-refractivity contribution in [2.75, 3.05) is 11.9 Å². The average Bonchev–Trinajstić information content (AvgIpc) is 2.82. The van der Waals surface area contributed by atoms with Crippen LogP contribution in [0.15, 0.2) is 24.3 Å². The Morgan fingerprint density at radius 3 is 2.43 bits per heavy atom. The fourth-order valence-corrected chi connectivity index (χ4v) is 2.29. The Labute approximate surface area is 121 Å². The summed E-state index contributed by atoms with van der Waals surface area (Å²) in [5, 5.41) is 12.2. The largest absolute Gasteiger partial charge is 0.391 e. The number of amides is 3. The van der Waals surface area contributed by atoms with Gasteiger partial charge in [0.25, 0.3) is 0 Å². The number of rotatable bonds is 3. The van der Waals surface area contributed by atoms with E-state index in [1.165, 1.54) is 11.8 Å². The van der Waals surface area contributed by atoms with Crippen LogP contribution in [-0.4, -0.2) is 46.4 Å². The molecule has 2 rings (SSSR count). The number of hydrogen-bond acceptors (Lipinski definition) is 4. The summed E-state index contributed by atoms with van der Waals surface area (Å²) in [7, 11) is 0. The molecule has 0 spiro atoms. The second-order valence-electron chi connectivity index (χ2n) is 5.02. The molecule has 2 unspecified atom stereocenters. The van der Waals surface area contributed by atoms with Crippen molar-refractivity contribution >= 4 is 23.4 Å². The van der Waals surface area contributed by atoms with Gasteiger partial charge < -0.3 is 21.1 Å². The smallest absolute Gasteiger partial charge is 0.322 e. The highest BCUT2D eigenvalue weighted by Crippen LogP contribution is 2.19. The van der Waals surface area contributed by atoms with E-state index >= 15 is 0 Å². The number of nitrogens with two attached hydrogens (primary N) is 1. The van der Waals surface area contributed by atoms with Crippen LogP contribution >= 0.6 is 0 Å². The molecule has 1 aliphatic rings. The van der Waals surface area contributed by atoms with E-state index < -0.39 is 24.1 Å². The molecule has 4 N–H and O–H groups in total. The maximum absolute atomic E-state index is 12.1. The van der Waals surface area contributed by atoms with Crippen molar-refractivity contribution < 1.29 is 19.5 Å². The first-order valence-corrected chi connectivity index (χ1v) is 6.54. The normalized spacial score (nSPS) is 21.1. The van der Waals surface area contributed by atoms with Crippen molar-refractivity contribution in [2.45, 2.75) is 25.5 Å². The van der Waals surface area contributed by atoms with Crippen LogP contribution in [0.5, 0.6) is 0 Å². The number of likely N-dealkylation sites (tertiary alicyclic amines) is 1. The molecule has 1 fully saturated rings. The number of β-amino-alcohol motifs (C(OH)–C–C–N with tert-alkyl or cyclic N) is 1. The van der Waals surface area contributed by atoms with Gasteiger partial charge >= 0.3 is 6.03 Å². The van der Waals surface area contributed by atoms with Crippen LogP contribution in [0.25, 0.3) is 0 Å². The highest BCUT2D eigenvalue weighted by molar-refractivity contribution is 5.96. The molecular weight excluding hydrogens is 274 g/mol. The lowest BCUT2D eigenvalue weighted by Gasteiger charge is -2.22. The van der Waals surface area contributed by atoms with Crippen LogP contribution in [-0.2, 0) is 4.79 Å². The van der Waals surface area contributed by atoms with E-state index in [-0.39, 0.29) is 18.7 Å². The summed E-state index contributed by atoms with van der Waals surface area (Å²) in [5.41, 5.74) is 6.26. The summed E-state index contributed by atoms with van der Waals surface area (Å²) in [6.07, 6.45) is -0.611. The first-order valence-electron chi connectivity index (χ1n) is 6.54. The second kappa shape index (κ2) is 5.92. The minimum atomic E-state index is -0.809. The Morgan fingerprint density at radius 1 is 1.29 bits per heavy atom. The molecule has 2 atom stereocenters. The van der Waals surface area contributed by atoms with Gasteiger partial charge in [-0.2, -0.15) is 0 Å². The SMILES string of the molecule is CC(=O)c1ccc(NC(=O)N2CC(O)CC2C(N)=O)cc1. The number of benzene rings is 1. The van der Waals surface area contributed by atoms with Crippen molar-refractivity contribution in [1.82, 2.24) is 4.90 Å². The average molecular weight is 291 g/mol. The van der Waals surface area contributed by atoms with Crippen molar-refractivity contribution in [2.24, 2.45) is 5.73 Å². The second-order valence-corrected chi connectivity index (χ2v) is 5.02. The Hall–Kier alpha value is -2.41. The quantitative estimate of drug-likeness (QED) is 0.697. The number of aliphatic hydroxyl groups excluding tert-OH is 1. The van der Waals surface area contributed by atoms with Gasteiger partial charge in [-0.3, -0.25) is 9.59 Å². The number of primary amides is 1. The van der Waals surface area contributed by atoms with Gasteiger partial charge in [0, 0.05) is 24.2 Å². The third kappa shape index (κ3) is 3.38. The maximum atomic E-state index is 12.1. The van der Waals surface area contributed by atoms with Crippen molar-refractivity contribution in [3.05, 3.63) is 29.8 Å². The minimum absolute atomic E-state index is 0.0605. The molecule has 1 aromatic rings. The van der Waals surface area contributed by atoms with E-state index in [0.717, 1.165) is 0 Å². The number of aliphatic hydroxyl groups is 1. The summed E-state index contributed by atoms with van der Waals surface area (Å²) >= 11 is 0. The molecule has 3 amide bonds. The van der Waals surface area contributed by atoms with E-state index in [1.54, 1.807) is 24.3 Å².